The van der Waals surface area contributed by atoms with Gasteiger partial charge in [-0.3, -0.25) is 0 Å². The molecular weight excluding hydrogens is 260 g/mol. The Morgan fingerprint density at radius 2 is 2.00 bits per heavy atom. The lowest BCUT2D eigenvalue weighted by Crippen LogP contribution is -2.34. The molecule has 1 aromatic rings. The summed E-state index contributed by atoms with van der Waals surface area (Å²) in [6, 6.07) is 8.43. The summed E-state index contributed by atoms with van der Waals surface area (Å²) in [5, 5.41) is 3.62. The largest absolute Gasteiger partial charge is 0.493 e. The second kappa shape index (κ2) is 7.81. The van der Waals surface area contributed by atoms with Gasteiger partial charge in [0, 0.05) is 12.5 Å². The predicted octanol–water partition coefficient (Wildman–Crippen LogP) is 2.70. The Kier molecular flexibility index (Phi) is 5.53. The lowest BCUT2D eigenvalue weighted by atomic mass is 9.97. The maximum absolute atomic E-state index is 5.84. The molecule has 1 fully saturated rings. The normalized spacial score (nSPS) is 22.6. The summed E-state index contributed by atoms with van der Waals surface area (Å²) in [4.78, 5) is 2.62. The van der Waals surface area contributed by atoms with E-state index in [1.807, 2.05) is 0 Å². The van der Waals surface area contributed by atoms with Crippen molar-refractivity contribution in [2.45, 2.75) is 32.1 Å². The lowest BCUT2D eigenvalue weighted by molar-refractivity contribution is 0.212. The first-order valence-electron chi connectivity index (χ1n) is 8.55. The summed E-state index contributed by atoms with van der Waals surface area (Å²) in [5.74, 6) is 1.70. The molecule has 0 spiro atoms. The van der Waals surface area contributed by atoms with Crippen molar-refractivity contribution in [2.75, 3.05) is 39.3 Å². The van der Waals surface area contributed by atoms with Crippen LogP contribution in [0.5, 0.6) is 5.75 Å². The average Bonchev–Trinajstić information content (AvgIpc) is 2.55. The van der Waals surface area contributed by atoms with Crippen LogP contribution >= 0.6 is 0 Å². The fraction of sp³-hybridized carbons (Fsp3) is 0.667. The number of ether oxygens (including phenoxy) is 1. The van der Waals surface area contributed by atoms with E-state index < -0.39 is 0 Å². The molecule has 2 aliphatic rings. The third-order valence-electron chi connectivity index (χ3n) is 4.67. The first-order valence-corrected chi connectivity index (χ1v) is 8.55. The maximum Gasteiger partial charge on any atom is 0.122 e. The third kappa shape index (κ3) is 4.45. The Bertz CT molecular complexity index is 429. The van der Waals surface area contributed by atoms with Crippen molar-refractivity contribution in [2.24, 2.45) is 5.92 Å². The maximum atomic E-state index is 5.84. The van der Waals surface area contributed by atoms with Crippen molar-refractivity contribution in [1.29, 1.82) is 0 Å². The molecule has 3 heteroatoms. The number of para-hydroxylation sites is 1. The topological polar surface area (TPSA) is 24.5 Å². The number of likely N-dealkylation sites (tertiary alicyclic amines) is 1. The molecule has 0 radical (unpaired) electrons. The number of nitrogens with zero attached hydrogens (tertiary/aromatic N) is 1. The van der Waals surface area contributed by atoms with Gasteiger partial charge in [-0.05, 0) is 63.5 Å². The van der Waals surface area contributed by atoms with E-state index in [-0.39, 0.29) is 0 Å². The van der Waals surface area contributed by atoms with E-state index in [1.165, 1.54) is 50.9 Å². The van der Waals surface area contributed by atoms with Gasteiger partial charge < -0.3 is 15.0 Å². The predicted molar refractivity (Wildman–Crippen MR) is 86.9 cm³/mol. The first-order chi connectivity index (χ1) is 10.4. The average molecular weight is 288 g/mol. The summed E-state index contributed by atoms with van der Waals surface area (Å²) in [6.45, 7) is 6.95. The van der Waals surface area contributed by atoms with Gasteiger partial charge in [-0.15, -0.1) is 0 Å². The Hall–Kier alpha value is -1.06. The monoisotopic (exact) mass is 288 g/mol. The van der Waals surface area contributed by atoms with E-state index in [9.17, 15) is 0 Å². The van der Waals surface area contributed by atoms with Gasteiger partial charge in [-0.1, -0.05) is 24.6 Å². The van der Waals surface area contributed by atoms with Gasteiger partial charge in [0.05, 0.1) is 6.61 Å². The molecule has 1 N–H and O–H groups in total. The molecular formula is C18H28N2O. The highest BCUT2D eigenvalue weighted by atomic mass is 16.5. The van der Waals surface area contributed by atoms with Gasteiger partial charge in [-0.2, -0.15) is 0 Å². The van der Waals surface area contributed by atoms with Crippen LogP contribution < -0.4 is 10.1 Å². The van der Waals surface area contributed by atoms with Crippen LogP contribution in [0.3, 0.4) is 0 Å². The number of rotatable bonds is 6. The second-order valence-corrected chi connectivity index (χ2v) is 6.45. The van der Waals surface area contributed by atoms with Crippen molar-refractivity contribution >= 4 is 0 Å². The molecule has 0 bridgehead atoms. The second-order valence-electron chi connectivity index (χ2n) is 6.45. The molecule has 0 saturated carbocycles. The number of fused-ring (bicyclic) bond motifs is 1. The van der Waals surface area contributed by atoms with Gasteiger partial charge in [0.1, 0.15) is 5.75 Å². The number of benzene rings is 1. The third-order valence-corrected chi connectivity index (χ3v) is 4.67. The summed E-state index contributed by atoms with van der Waals surface area (Å²) in [6.07, 6.45) is 6.63. The molecule has 0 aliphatic carbocycles. The van der Waals surface area contributed by atoms with Crippen LogP contribution in [0.2, 0.25) is 0 Å². The molecule has 116 valence electrons. The fourth-order valence-electron chi connectivity index (χ4n) is 3.44. The van der Waals surface area contributed by atoms with Crippen LogP contribution in [0.25, 0.3) is 0 Å². The zero-order chi connectivity index (χ0) is 14.3. The molecule has 0 amide bonds. The highest BCUT2D eigenvalue weighted by molar-refractivity contribution is 5.35. The highest BCUT2D eigenvalue weighted by Crippen LogP contribution is 2.26. The van der Waals surface area contributed by atoms with Crippen LogP contribution in [-0.4, -0.2) is 44.2 Å². The lowest BCUT2D eigenvalue weighted by Gasteiger charge is -2.27. The standard InChI is InChI=1S/C18H28N2O/c1-4-10-20(11-5-1)12-6-9-19-14-16-13-17-7-2-3-8-18(17)21-15-16/h2-3,7-8,16,19H,1,4-6,9-15H2. The fourth-order valence-corrected chi connectivity index (χ4v) is 3.44. The number of piperidine rings is 1. The van der Waals surface area contributed by atoms with Gasteiger partial charge in [-0.25, -0.2) is 0 Å². The van der Waals surface area contributed by atoms with E-state index in [4.69, 9.17) is 4.74 Å². The van der Waals surface area contributed by atoms with Gasteiger partial charge in [0.2, 0.25) is 0 Å². The molecule has 1 atom stereocenters. The van der Waals surface area contributed by atoms with E-state index in [0.29, 0.717) is 5.92 Å². The molecule has 1 unspecified atom stereocenters. The SMILES string of the molecule is c1ccc2c(c1)CC(CNCCCN1CCCCC1)CO2. The summed E-state index contributed by atoms with van der Waals surface area (Å²) >= 11 is 0. The highest BCUT2D eigenvalue weighted by Gasteiger charge is 2.18. The number of nitrogens with one attached hydrogen (secondary N) is 1. The zero-order valence-corrected chi connectivity index (χ0v) is 13.0. The van der Waals surface area contributed by atoms with Crippen molar-refractivity contribution in [3.8, 4) is 5.75 Å². The Morgan fingerprint density at radius 3 is 2.90 bits per heavy atom. The van der Waals surface area contributed by atoms with Crippen LogP contribution in [-0.2, 0) is 6.42 Å². The molecule has 1 saturated heterocycles. The minimum Gasteiger partial charge on any atom is -0.493 e. The Balaban J connectivity index is 1.30. The smallest absolute Gasteiger partial charge is 0.122 e. The molecule has 3 nitrogen and oxygen atoms in total. The van der Waals surface area contributed by atoms with Crippen molar-refractivity contribution < 1.29 is 4.74 Å². The Morgan fingerprint density at radius 1 is 1.14 bits per heavy atom. The Labute approximate surface area is 128 Å². The van der Waals surface area contributed by atoms with E-state index in [1.54, 1.807) is 0 Å². The minimum atomic E-state index is 0.620. The summed E-state index contributed by atoms with van der Waals surface area (Å²) in [5.41, 5.74) is 1.36. The number of hydrogen-bond acceptors (Lipinski definition) is 3. The van der Waals surface area contributed by atoms with E-state index >= 15 is 0 Å². The molecule has 3 rings (SSSR count). The van der Waals surface area contributed by atoms with Gasteiger partial charge in [0.15, 0.2) is 0 Å². The van der Waals surface area contributed by atoms with Crippen molar-refractivity contribution in [3.05, 3.63) is 29.8 Å². The molecule has 2 aliphatic heterocycles. The van der Waals surface area contributed by atoms with Crippen LogP contribution in [0.15, 0.2) is 24.3 Å². The van der Waals surface area contributed by atoms with Crippen molar-refractivity contribution in [1.82, 2.24) is 10.2 Å². The molecule has 21 heavy (non-hydrogen) atoms. The molecule has 1 aromatic carbocycles. The summed E-state index contributed by atoms with van der Waals surface area (Å²) < 4.78 is 5.84. The van der Waals surface area contributed by atoms with Gasteiger partial charge >= 0.3 is 0 Å². The van der Waals surface area contributed by atoms with Crippen LogP contribution in [0.4, 0.5) is 0 Å². The first kappa shape index (κ1) is 14.9. The van der Waals surface area contributed by atoms with Crippen LogP contribution in [0.1, 0.15) is 31.2 Å². The molecule has 2 heterocycles. The summed E-state index contributed by atoms with van der Waals surface area (Å²) in [7, 11) is 0. The quantitative estimate of drug-likeness (QED) is 0.815. The minimum absolute atomic E-state index is 0.620. The van der Waals surface area contributed by atoms with Crippen molar-refractivity contribution in [3.63, 3.8) is 0 Å². The zero-order valence-electron chi connectivity index (χ0n) is 13.0. The molecule has 0 aromatic heterocycles. The number of hydrogen-bond donors (Lipinski definition) is 1. The van der Waals surface area contributed by atoms with E-state index in [0.717, 1.165) is 31.9 Å². The van der Waals surface area contributed by atoms with Gasteiger partial charge in [0.25, 0.3) is 0 Å². The van der Waals surface area contributed by atoms with E-state index in [2.05, 4.69) is 34.5 Å². The van der Waals surface area contributed by atoms with Crippen LogP contribution in [0, 0.1) is 5.92 Å².